The fourth-order valence-corrected chi connectivity index (χ4v) is 2.91. The van der Waals surface area contributed by atoms with Gasteiger partial charge in [0, 0.05) is 17.6 Å². The number of nitrogens with zero attached hydrogens (tertiary/aromatic N) is 6. The summed E-state index contributed by atoms with van der Waals surface area (Å²) in [5, 5.41) is 7.79. The van der Waals surface area contributed by atoms with Crippen LogP contribution in [0.15, 0.2) is 42.9 Å². The monoisotopic (exact) mass is 358 g/mol. The molecule has 6 nitrogen and oxygen atoms in total. The minimum Gasteiger partial charge on any atom is -0.320 e. The lowest BCUT2D eigenvalue weighted by molar-refractivity contribution is 0.158. The summed E-state index contributed by atoms with van der Waals surface area (Å²) in [5.74, 6) is -0.307. The minimum absolute atomic E-state index is 0.0597. The quantitative estimate of drug-likeness (QED) is 0.559. The van der Waals surface area contributed by atoms with Crippen LogP contribution in [0.4, 0.5) is 24.7 Å². The molecule has 3 aromatic heterocycles. The number of aromatic nitrogens is 5. The van der Waals surface area contributed by atoms with Crippen LogP contribution >= 0.6 is 0 Å². The molecular weight excluding hydrogens is 345 g/mol. The number of alkyl halides is 2. The summed E-state index contributed by atoms with van der Waals surface area (Å²) in [6.07, 6.45) is 0.264. The van der Waals surface area contributed by atoms with Gasteiger partial charge in [0.15, 0.2) is 0 Å². The van der Waals surface area contributed by atoms with E-state index in [0.717, 1.165) is 0 Å². The normalized spacial score (nSPS) is 11.6. The molecule has 3 heterocycles. The van der Waals surface area contributed by atoms with Crippen LogP contribution in [0, 0.1) is 12.7 Å². The number of halogens is 3. The van der Waals surface area contributed by atoms with Gasteiger partial charge < -0.3 is 4.90 Å². The van der Waals surface area contributed by atoms with Gasteiger partial charge in [-0.05, 0) is 31.2 Å². The van der Waals surface area contributed by atoms with Crippen molar-refractivity contribution in [1.82, 2.24) is 24.6 Å². The molecule has 0 aliphatic rings. The summed E-state index contributed by atoms with van der Waals surface area (Å²) in [6, 6.07) is 7.69. The predicted octanol–water partition coefficient (Wildman–Crippen LogP) is 3.52. The Morgan fingerprint density at radius 1 is 1.23 bits per heavy atom. The maximum absolute atomic E-state index is 14.7. The van der Waals surface area contributed by atoms with E-state index in [4.69, 9.17) is 0 Å². The highest BCUT2D eigenvalue weighted by molar-refractivity contribution is 5.94. The van der Waals surface area contributed by atoms with Crippen molar-refractivity contribution in [2.75, 3.05) is 11.4 Å². The van der Waals surface area contributed by atoms with Gasteiger partial charge in [0.05, 0.1) is 17.4 Å². The van der Waals surface area contributed by atoms with Gasteiger partial charge in [-0.25, -0.2) is 13.2 Å². The smallest absolute Gasteiger partial charge is 0.257 e. The van der Waals surface area contributed by atoms with Crippen molar-refractivity contribution in [2.24, 2.45) is 0 Å². The zero-order valence-electron chi connectivity index (χ0n) is 13.6. The Morgan fingerprint density at radius 2 is 2.08 bits per heavy atom. The van der Waals surface area contributed by atoms with Gasteiger partial charge in [-0.3, -0.25) is 9.38 Å². The molecular formula is C17H13F3N6. The van der Waals surface area contributed by atoms with Crippen molar-refractivity contribution >= 4 is 28.2 Å². The van der Waals surface area contributed by atoms with E-state index in [9.17, 15) is 13.2 Å². The van der Waals surface area contributed by atoms with E-state index >= 15 is 0 Å². The van der Waals surface area contributed by atoms with Crippen molar-refractivity contribution in [1.29, 1.82) is 0 Å². The van der Waals surface area contributed by atoms with Crippen molar-refractivity contribution in [2.45, 2.75) is 13.3 Å². The predicted molar refractivity (Wildman–Crippen MR) is 90.2 cm³/mol. The van der Waals surface area contributed by atoms with E-state index in [-0.39, 0.29) is 17.0 Å². The van der Waals surface area contributed by atoms with Crippen LogP contribution < -0.4 is 4.90 Å². The molecule has 0 aliphatic heterocycles. The third-order valence-electron chi connectivity index (χ3n) is 3.98. The lowest BCUT2D eigenvalue weighted by atomic mass is 10.2. The number of rotatable bonds is 4. The first kappa shape index (κ1) is 16.2. The van der Waals surface area contributed by atoms with Crippen molar-refractivity contribution in [3.63, 3.8) is 0 Å². The number of anilines is 2. The van der Waals surface area contributed by atoms with Gasteiger partial charge >= 0.3 is 0 Å². The van der Waals surface area contributed by atoms with Gasteiger partial charge in [-0.2, -0.15) is 4.98 Å². The molecule has 26 heavy (non-hydrogen) atoms. The molecule has 0 saturated carbocycles. The van der Waals surface area contributed by atoms with Gasteiger partial charge in [0.2, 0.25) is 0 Å². The van der Waals surface area contributed by atoms with E-state index in [1.165, 1.54) is 34.0 Å². The highest BCUT2D eigenvalue weighted by atomic mass is 19.3. The zero-order chi connectivity index (χ0) is 18.3. The lowest BCUT2D eigenvalue weighted by Gasteiger charge is -2.25. The number of pyridine rings is 1. The molecule has 0 atom stereocenters. The largest absolute Gasteiger partial charge is 0.320 e. The summed E-state index contributed by atoms with van der Waals surface area (Å²) in [7, 11) is 0. The fourth-order valence-electron chi connectivity index (χ4n) is 2.91. The summed E-state index contributed by atoms with van der Waals surface area (Å²) >= 11 is 0. The summed E-state index contributed by atoms with van der Waals surface area (Å²) in [6.45, 7) is 1.10. The Labute approximate surface area is 145 Å². The Hall–Kier alpha value is -3.23. The first-order valence-electron chi connectivity index (χ1n) is 7.81. The van der Waals surface area contributed by atoms with Crippen molar-refractivity contribution < 1.29 is 13.2 Å². The first-order chi connectivity index (χ1) is 12.5. The Bertz CT molecular complexity index is 1090. The minimum atomic E-state index is -2.65. The van der Waals surface area contributed by atoms with Crippen LogP contribution in [0.3, 0.4) is 0 Å². The maximum atomic E-state index is 14.7. The molecule has 0 unspecified atom stereocenters. The molecule has 0 radical (unpaired) electrons. The number of fused-ring (bicyclic) bond motifs is 3. The lowest BCUT2D eigenvalue weighted by Crippen LogP contribution is -2.25. The molecule has 0 bridgehead atoms. The van der Waals surface area contributed by atoms with Crippen LogP contribution in [0.2, 0.25) is 0 Å². The number of hydrogen-bond acceptors (Lipinski definition) is 5. The van der Waals surface area contributed by atoms with Gasteiger partial charge in [-0.15, -0.1) is 10.2 Å². The van der Waals surface area contributed by atoms with Crippen LogP contribution in [-0.2, 0) is 0 Å². The number of benzene rings is 1. The molecule has 0 amide bonds. The molecule has 9 heteroatoms. The number of hydrogen-bond donors (Lipinski definition) is 0. The molecule has 132 valence electrons. The van der Waals surface area contributed by atoms with E-state index in [1.807, 2.05) is 0 Å². The van der Waals surface area contributed by atoms with Crippen LogP contribution in [-0.4, -0.2) is 37.5 Å². The van der Waals surface area contributed by atoms with Crippen LogP contribution in [0.1, 0.15) is 5.69 Å². The molecule has 0 saturated heterocycles. The zero-order valence-corrected chi connectivity index (χ0v) is 13.6. The summed E-state index contributed by atoms with van der Waals surface area (Å²) < 4.78 is 42.8. The Kier molecular flexibility index (Phi) is 3.90. The summed E-state index contributed by atoms with van der Waals surface area (Å²) in [4.78, 5) is 9.66. The van der Waals surface area contributed by atoms with Gasteiger partial charge in [0.1, 0.15) is 18.0 Å². The summed E-state index contributed by atoms with van der Waals surface area (Å²) in [5.41, 5.74) is 1.54. The average molecular weight is 358 g/mol. The maximum Gasteiger partial charge on any atom is 0.257 e. The molecule has 1 aromatic carbocycles. The van der Waals surface area contributed by atoms with Crippen LogP contribution in [0.25, 0.3) is 16.7 Å². The van der Waals surface area contributed by atoms with Crippen molar-refractivity contribution in [3.05, 3.63) is 54.4 Å². The molecule has 4 aromatic rings. The van der Waals surface area contributed by atoms with Gasteiger partial charge in [-0.1, -0.05) is 6.07 Å². The van der Waals surface area contributed by atoms with E-state index in [0.29, 0.717) is 16.9 Å². The van der Waals surface area contributed by atoms with E-state index < -0.39 is 18.8 Å². The average Bonchev–Trinajstić information content (AvgIpc) is 3.08. The Morgan fingerprint density at radius 3 is 2.85 bits per heavy atom. The third kappa shape index (κ3) is 2.71. The van der Waals surface area contributed by atoms with Gasteiger partial charge in [0.25, 0.3) is 12.2 Å². The highest BCUT2D eigenvalue weighted by Crippen LogP contribution is 2.33. The van der Waals surface area contributed by atoms with E-state index in [1.54, 1.807) is 25.1 Å². The second kappa shape index (κ2) is 6.25. The molecule has 0 spiro atoms. The molecule has 0 fully saturated rings. The Balaban J connectivity index is 2.04. The van der Waals surface area contributed by atoms with Crippen LogP contribution in [0.5, 0.6) is 0 Å². The highest BCUT2D eigenvalue weighted by Gasteiger charge is 2.23. The molecule has 4 rings (SSSR count). The third-order valence-corrected chi connectivity index (χ3v) is 3.98. The fraction of sp³-hybridized carbons (Fsp3) is 0.176. The van der Waals surface area contributed by atoms with Crippen molar-refractivity contribution in [3.8, 4) is 0 Å². The molecule has 0 N–H and O–H groups in total. The topological polar surface area (TPSA) is 59.2 Å². The first-order valence-corrected chi connectivity index (χ1v) is 7.81. The van der Waals surface area contributed by atoms with E-state index in [2.05, 4.69) is 20.2 Å². The number of aryl methyl sites for hydroxylation is 1. The molecule has 0 aliphatic carbocycles. The standard InChI is InChI=1S/C17H13F3N6/c1-10-7-11(5-6-21-10)25(8-14(19)20)16-15-12(18)3-2-4-13(15)26-9-22-24-17(26)23-16/h2-7,9,14H,8H2,1H3. The SMILES string of the molecule is Cc1cc(N(CC(F)F)c2nc3nncn3c3cccc(F)c23)ccn1. The second-order valence-corrected chi connectivity index (χ2v) is 5.73. The second-order valence-electron chi connectivity index (χ2n) is 5.73.